The molecule has 0 aliphatic carbocycles. The predicted octanol–water partition coefficient (Wildman–Crippen LogP) is 0.287. The second-order valence-corrected chi connectivity index (χ2v) is 4.06. The highest BCUT2D eigenvalue weighted by Crippen LogP contribution is 2.23. The van der Waals surface area contributed by atoms with Gasteiger partial charge in [0.05, 0.1) is 25.3 Å². The highest BCUT2D eigenvalue weighted by Gasteiger charge is 2.40. The van der Waals surface area contributed by atoms with E-state index >= 15 is 0 Å². The summed E-state index contributed by atoms with van der Waals surface area (Å²) in [4.78, 5) is 13.3. The van der Waals surface area contributed by atoms with Gasteiger partial charge in [-0.2, -0.15) is 5.26 Å². The summed E-state index contributed by atoms with van der Waals surface area (Å²) >= 11 is 0. The minimum atomic E-state index is -0.545. The number of esters is 1. The molecule has 1 aliphatic rings. The minimum Gasteiger partial charge on any atom is -0.468 e. The molecule has 5 heteroatoms. The number of nitrogens with zero attached hydrogens (tertiary/aromatic N) is 2. The number of carbonyl (C=O) groups excluding carboxylic acids is 1. The molecule has 90 valence electrons. The number of likely N-dealkylation sites (tertiary alicyclic amines) is 1. The van der Waals surface area contributed by atoms with E-state index in [4.69, 9.17) is 5.26 Å². The van der Waals surface area contributed by atoms with Crippen molar-refractivity contribution >= 4 is 5.97 Å². The largest absolute Gasteiger partial charge is 0.468 e. The van der Waals surface area contributed by atoms with Crippen LogP contribution in [0.3, 0.4) is 0 Å². The molecule has 16 heavy (non-hydrogen) atoms. The van der Waals surface area contributed by atoms with Crippen molar-refractivity contribution < 1.29 is 14.6 Å². The summed E-state index contributed by atoms with van der Waals surface area (Å²) < 4.78 is 4.68. The molecule has 1 aliphatic heterocycles. The Labute approximate surface area is 95.6 Å². The Morgan fingerprint density at radius 2 is 2.44 bits per heavy atom. The number of hydrogen-bond donors (Lipinski definition) is 1. The molecule has 0 aromatic carbocycles. The molecule has 0 saturated carbocycles. The molecule has 0 aromatic rings. The van der Waals surface area contributed by atoms with Gasteiger partial charge in [0.15, 0.2) is 0 Å². The molecule has 1 saturated heterocycles. The van der Waals surface area contributed by atoms with Crippen LogP contribution in [0, 0.1) is 11.3 Å². The number of ether oxygens (including phenoxy) is 1. The minimum absolute atomic E-state index is 0.314. The third-order valence-electron chi connectivity index (χ3n) is 2.90. The zero-order valence-electron chi connectivity index (χ0n) is 9.72. The first-order chi connectivity index (χ1) is 7.63. The van der Waals surface area contributed by atoms with Gasteiger partial charge in [-0.3, -0.25) is 9.69 Å². The number of methoxy groups -OCH3 is 1. The Morgan fingerprint density at radius 3 is 2.94 bits per heavy atom. The second kappa shape index (κ2) is 5.83. The van der Waals surface area contributed by atoms with Gasteiger partial charge in [-0.1, -0.05) is 13.3 Å². The van der Waals surface area contributed by atoms with Crippen LogP contribution in [0.5, 0.6) is 0 Å². The van der Waals surface area contributed by atoms with Crippen LogP contribution < -0.4 is 0 Å². The summed E-state index contributed by atoms with van der Waals surface area (Å²) in [6.07, 6.45) is 1.39. The van der Waals surface area contributed by atoms with E-state index in [9.17, 15) is 9.90 Å². The maximum atomic E-state index is 11.5. The molecule has 5 nitrogen and oxygen atoms in total. The number of β-amino-alcohol motifs (C(OH)–C–C–N with tert-alkyl or cyclic N) is 1. The van der Waals surface area contributed by atoms with Crippen molar-refractivity contribution in [1.82, 2.24) is 4.90 Å². The summed E-state index contributed by atoms with van der Waals surface area (Å²) in [6, 6.07) is 1.39. The van der Waals surface area contributed by atoms with Gasteiger partial charge in [-0.25, -0.2) is 0 Å². The highest BCUT2D eigenvalue weighted by atomic mass is 16.5. The zero-order chi connectivity index (χ0) is 12.1. The average molecular weight is 226 g/mol. The fourth-order valence-corrected chi connectivity index (χ4v) is 2.13. The van der Waals surface area contributed by atoms with Crippen LogP contribution >= 0.6 is 0 Å². The Bertz CT molecular complexity index is 287. The predicted molar refractivity (Wildman–Crippen MR) is 57.4 cm³/mol. The Morgan fingerprint density at radius 1 is 1.75 bits per heavy atom. The number of aliphatic hydroxyl groups excluding tert-OH is 1. The maximum absolute atomic E-state index is 11.5. The molecule has 0 aromatic heterocycles. The van der Waals surface area contributed by atoms with Crippen LogP contribution in [-0.2, 0) is 9.53 Å². The van der Waals surface area contributed by atoms with Crippen molar-refractivity contribution in [2.45, 2.75) is 44.4 Å². The van der Waals surface area contributed by atoms with Gasteiger partial charge in [0.2, 0.25) is 0 Å². The molecule has 0 unspecified atom stereocenters. The van der Waals surface area contributed by atoms with Crippen LogP contribution in [0.2, 0.25) is 0 Å². The zero-order valence-corrected chi connectivity index (χ0v) is 9.72. The second-order valence-electron chi connectivity index (χ2n) is 4.06. The first-order valence-corrected chi connectivity index (χ1v) is 5.55. The van der Waals surface area contributed by atoms with Gasteiger partial charge in [0.25, 0.3) is 0 Å². The summed E-state index contributed by atoms with van der Waals surface area (Å²) in [7, 11) is 1.33. The van der Waals surface area contributed by atoms with Crippen molar-refractivity contribution in [2.24, 2.45) is 0 Å². The maximum Gasteiger partial charge on any atom is 0.323 e. The smallest absolute Gasteiger partial charge is 0.323 e. The van der Waals surface area contributed by atoms with E-state index in [-0.39, 0.29) is 12.0 Å². The van der Waals surface area contributed by atoms with E-state index in [0.29, 0.717) is 19.4 Å². The van der Waals surface area contributed by atoms with Gasteiger partial charge < -0.3 is 9.84 Å². The van der Waals surface area contributed by atoms with E-state index < -0.39 is 12.1 Å². The van der Waals surface area contributed by atoms with Crippen LogP contribution in [0.25, 0.3) is 0 Å². The summed E-state index contributed by atoms with van der Waals surface area (Å²) in [6.45, 7) is 2.36. The number of nitriles is 1. The third-order valence-corrected chi connectivity index (χ3v) is 2.90. The number of hydrogen-bond acceptors (Lipinski definition) is 5. The molecule has 1 rings (SSSR count). The Balaban J connectivity index is 2.75. The van der Waals surface area contributed by atoms with Crippen molar-refractivity contribution in [3.05, 3.63) is 0 Å². The lowest BCUT2D eigenvalue weighted by molar-refractivity contribution is -0.146. The van der Waals surface area contributed by atoms with Crippen molar-refractivity contribution in [2.75, 3.05) is 13.7 Å². The SMILES string of the molecule is CCC[C@@H](C#N)N1C[C@H](O)C[C@H]1C(=O)OC. The molecule has 0 amide bonds. The average Bonchev–Trinajstić information content (AvgIpc) is 2.67. The molecule has 3 atom stereocenters. The molecule has 0 bridgehead atoms. The highest BCUT2D eigenvalue weighted by molar-refractivity contribution is 5.76. The lowest BCUT2D eigenvalue weighted by atomic mass is 10.1. The Hall–Kier alpha value is -1.12. The number of carbonyl (C=O) groups is 1. The molecule has 0 spiro atoms. The van der Waals surface area contributed by atoms with Crippen LogP contribution in [0.4, 0.5) is 0 Å². The lowest BCUT2D eigenvalue weighted by Gasteiger charge is -2.26. The van der Waals surface area contributed by atoms with E-state index in [1.54, 1.807) is 4.90 Å². The van der Waals surface area contributed by atoms with Gasteiger partial charge in [-0.15, -0.1) is 0 Å². The number of aliphatic hydroxyl groups is 1. The van der Waals surface area contributed by atoms with E-state index in [1.165, 1.54) is 7.11 Å². The first-order valence-electron chi connectivity index (χ1n) is 5.55. The van der Waals surface area contributed by atoms with E-state index in [2.05, 4.69) is 10.8 Å². The molecular formula is C11H18N2O3. The molecule has 1 heterocycles. The van der Waals surface area contributed by atoms with Gasteiger partial charge in [0, 0.05) is 13.0 Å². The summed E-state index contributed by atoms with van der Waals surface area (Å²) in [5.41, 5.74) is 0. The van der Waals surface area contributed by atoms with Crippen molar-refractivity contribution in [1.29, 1.82) is 5.26 Å². The van der Waals surface area contributed by atoms with Crippen molar-refractivity contribution in [3.8, 4) is 6.07 Å². The molecule has 0 radical (unpaired) electrons. The van der Waals surface area contributed by atoms with Gasteiger partial charge >= 0.3 is 5.97 Å². The van der Waals surface area contributed by atoms with E-state index in [1.807, 2.05) is 6.92 Å². The van der Waals surface area contributed by atoms with Crippen LogP contribution in [0.1, 0.15) is 26.2 Å². The monoisotopic (exact) mass is 226 g/mol. The summed E-state index contributed by atoms with van der Waals surface area (Å²) in [5.74, 6) is -0.368. The fourth-order valence-electron chi connectivity index (χ4n) is 2.13. The molecule has 1 fully saturated rings. The van der Waals surface area contributed by atoms with Gasteiger partial charge in [0.1, 0.15) is 6.04 Å². The fraction of sp³-hybridized carbons (Fsp3) is 0.818. The quantitative estimate of drug-likeness (QED) is 0.697. The molecule has 1 N–H and O–H groups in total. The number of rotatable bonds is 4. The normalized spacial score (nSPS) is 27.4. The third kappa shape index (κ3) is 2.71. The van der Waals surface area contributed by atoms with Gasteiger partial charge in [-0.05, 0) is 6.42 Å². The van der Waals surface area contributed by atoms with Crippen LogP contribution in [0.15, 0.2) is 0 Å². The Kier molecular flexibility index (Phi) is 4.71. The first kappa shape index (κ1) is 12.9. The van der Waals surface area contributed by atoms with Crippen molar-refractivity contribution in [3.63, 3.8) is 0 Å². The molecular weight excluding hydrogens is 208 g/mol. The van der Waals surface area contributed by atoms with Crippen LogP contribution in [-0.4, -0.2) is 47.8 Å². The van der Waals surface area contributed by atoms with E-state index in [0.717, 1.165) is 6.42 Å². The summed E-state index contributed by atoms with van der Waals surface area (Å²) in [5, 5.41) is 18.6. The lowest BCUT2D eigenvalue weighted by Crippen LogP contribution is -2.43. The topological polar surface area (TPSA) is 73.6 Å². The standard InChI is InChI=1S/C11H18N2O3/c1-3-4-8(6-12)13-7-9(14)5-10(13)11(15)16-2/h8-10,14H,3-5,7H2,1-2H3/t8-,9+,10-/m0/s1.